The summed E-state index contributed by atoms with van der Waals surface area (Å²) in [5.41, 5.74) is -3.53. The average Bonchev–Trinajstić information content (AvgIpc) is 2.40. The molecule has 0 aliphatic carbocycles. The van der Waals surface area contributed by atoms with Crippen LogP contribution in [-0.4, -0.2) is 40.7 Å². The second-order valence-electron chi connectivity index (χ2n) is 4.76. The quantitative estimate of drug-likeness (QED) is 0.831. The van der Waals surface area contributed by atoms with Crippen molar-refractivity contribution in [3.63, 3.8) is 0 Å². The van der Waals surface area contributed by atoms with Crippen LogP contribution in [0.4, 0.5) is 23.7 Å². The Bertz CT molecular complexity index is 485. The maximum Gasteiger partial charge on any atom is 0.446 e. The van der Waals surface area contributed by atoms with E-state index in [1.807, 2.05) is 0 Å². The van der Waals surface area contributed by atoms with Crippen molar-refractivity contribution in [2.75, 3.05) is 18.4 Å². The molecule has 1 aromatic rings. The van der Waals surface area contributed by atoms with Gasteiger partial charge in [0.05, 0.1) is 0 Å². The minimum Gasteiger partial charge on any atom is -0.465 e. The zero-order chi connectivity index (χ0) is 15.5. The first-order valence-corrected chi connectivity index (χ1v) is 7.25. The normalized spacial score (nSPS) is 16.8. The predicted octanol–water partition coefficient (Wildman–Crippen LogP) is 3.85. The fraction of sp³-hybridized carbons (Fsp3) is 0.462. The van der Waals surface area contributed by atoms with E-state index in [2.05, 4.69) is 5.32 Å². The molecular weight excluding hydrogens is 305 g/mol. The maximum absolute atomic E-state index is 12.2. The fourth-order valence-electron chi connectivity index (χ4n) is 2.20. The second-order valence-corrected chi connectivity index (χ2v) is 5.90. The van der Waals surface area contributed by atoms with Gasteiger partial charge in [0.2, 0.25) is 0 Å². The van der Waals surface area contributed by atoms with Gasteiger partial charge in [-0.1, -0.05) is 0 Å². The van der Waals surface area contributed by atoms with Gasteiger partial charge in [-0.2, -0.15) is 13.2 Å². The number of likely N-dealkylation sites (tertiary alicyclic amines) is 1. The van der Waals surface area contributed by atoms with E-state index in [1.54, 1.807) is 12.1 Å². The highest BCUT2D eigenvalue weighted by atomic mass is 32.2. The molecule has 1 fully saturated rings. The van der Waals surface area contributed by atoms with Crippen LogP contribution >= 0.6 is 11.8 Å². The highest BCUT2D eigenvalue weighted by Gasteiger charge is 2.29. The second kappa shape index (κ2) is 6.46. The molecule has 4 nitrogen and oxygen atoms in total. The van der Waals surface area contributed by atoms with Crippen LogP contribution in [0.3, 0.4) is 0 Å². The van der Waals surface area contributed by atoms with Gasteiger partial charge < -0.3 is 15.3 Å². The number of thioether (sulfide) groups is 1. The SMILES string of the molecule is O=C(O)N1CCC(Nc2ccc(SC(F)(F)F)cc2)CC1. The lowest BCUT2D eigenvalue weighted by molar-refractivity contribution is -0.0328. The molecule has 0 aromatic heterocycles. The monoisotopic (exact) mass is 320 g/mol. The first kappa shape index (κ1) is 15.8. The Kier molecular flexibility index (Phi) is 4.87. The number of alkyl halides is 3. The smallest absolute Gasteiger partial charge is 0.446 e. The number of anilines is 1. The van der Waals surface area contributed by atoms with Gasteiger partial charge in [0.15, 0.2) is 0 Å². The Morgan fingerprint density at radius 3 is 2.29 bits per heavy atom. The topological polar surface area (TPSA) is 52.6 Å². The third-order valence-electron chi connectivity index (χ3n) is 3.22. The van der Waals surface area contributed by atoms with Crippen LogP contribution in [0.2, 0.25) is 0 Å². The third-order valence-corrected chi connectivity index (χ3v) is 3.96. The van der Waals surface area contributed by atoms with Crippen molar-refractivity contribution in [3.8, 4) is 0 Å². The van der Waals surface area contributed by atoms with E-state index in [9.17, 15) is 18.0 Å². The lowest BCUT2D eigenvalue weighted by atomic mass is 10.1. The number of rotatable bonds is 3. The summed E-state index contributed by atoms with van der Waals surface area (Å²) in [6.45, 7) is 0.935. The minimum atomic E-state index is -4.28. The zero-order valence-electron chi connectivity index (χ0n) is 11.1. The molecule has 2 N–H and O–H groups in total. The van der Waals surface area contributed by atoms with E-state index < -0.39 is 11.6 Å². The molecule has 1 heterocycles. The summed E-state index contributed by atoms with van der Waals surface area (Å²) < 4.78 is 36.6. The molecule has 0 atom stereocenters. The van der Waals surface area contributed by atoms with Crippen LogP contribution in [0.5, 0.6) is 0 Å². The van der Waals surface area contributed by atoms with Crippen LogP contribution in [0, 0.1) is 0 Å². The van der Waals surface area contributed by atoms with E-state index in [0.717, 1.165) is 5.69 Å². The van der Waals surface area contributed by atoms with E-state index >= 15 is 0 Å². The molecule has 21 heavy (non-hydrogen) atoms. The summed E-state index contributed by atoms with van der Waals surface area (Å²) in [6.07, 6.45) is 0.457. The number of carboxylic acid groups (broad SMARTS) is 1. The van der Waals surface area contributed by atoms with Crippen LogP contribution < -0.4 is 5.32 Å². The molecule has 0 spiro atoms. The molecule has 0 radical (unpaired) electrons. The van der Waals surface area contributed by atoms with Gasteiger partial charge >= 0.3 is 11.6 Å². The van der Waals surface area contributed by atoms with Crippen LogP contribution in [0.25, 0.3) is 0 Å². The number of halogens is 3. The summed E-state index contributed by atoms with van der Waals surface area (Å²) in [7, 11) is 0. The van der Waals surface area contributed by atoms with Crippen molar-refractivity contribution in [2.24, 2.45) is 0 Å². The van der Waals surface area contributed by atoms with E-state index in [-0.39, 0.29) is 22.7 Å². The first-order chi connectivity index (χ1) is 9.83. The van der Waals surface area contributed by atoms with Crippen molar-refractivity contribution >= 4 is 23.5 Å². The van der Waals surface area contributed by atoms with Gasteiger partial charge in [-0.3, -0.25) is 0 Å². The molecule has 1 aliphatic heterocycles. The number of amides is 1. The summed E-state index contributed by atoms with van der Waals surface area (Å²) >= 11 is -0.141. The number of piperidine rings is 1. The Hall–Kier alpha value is -1.57. The largest absolute Gasteiger partial charge is 0.465 e. The van der Waals surface area contributed by atoms with Gasteiger partial charge in [-0.25, -0.2) is 4.79 Å². The lowest BCUT2D eigenvalue weighted by Crippen LogP contribution is -2.41. The summed E-state index contributed by atoms with van der Waals surface area (Å²) in [5, 5.41) is 12.1. The van der Waals surface area contributed by atoms with E-state index in [1.165, 1.54) is 17.0 Å². The van der Waals surface area contributed by atoms with Gasteiger partial charge in [-0.15, -0.1) is 0 Å². The molecule has 1 saturated heterocycles. The van der Waals surface area contributed by atoms with Gasteiger partial charge in [0, 0.05) is 29.7 Å². The number of hydrogen-bond donors (Lipinski definition) is 2. The van der Waals surface area contributed by atoms with Crippen LogP contribution in [0.1, 0.15) is 12.8 Å². The predicted molar refractivity (Wildman–Crippen MR) is 74.6 cm³/mol. The summed E-state index contributed by atoms with van der Waals surface area (Å²) in [6, 6.07) is 6.20. The molecule has 2 rings (SSSR count). The van der Waals surface area contributed by atoms with Crippen molar-refractivity contribution in [3.05, 3.63) is 24.3 Å². The first-order valence-electron chi connectivity index (χ1n) is 6.44. The number of benzene rings is 1. The van der Waals surface area contributed by atoms with Crippen molar-refractivity contribution < 1.29 is 23.1 Å². The van der Waals surface area contributed by atoms with Gasteiger partial charge in [-0.05, 0) is 48.9 Å². The fourth-order valence-corrected chi connectivity index (χ4v) is 2.74. The lowest BCUT2D eigenvalue weighted by Gasteiger charge is -2.31. The molecule has 1 aromatic carbocycles. The van der Waals surface area contributed by atoms with Crippen LogP contribution in [0.15, 0.2) is 29.2 Å². The Morgan fingerprint density at radius 2 is 1.81 bits per heavy atom. The van der Waals surface area contributed by atoms with E-state index in [0.29, 0.717) is 25.9 Å². The van der Waals surface area contributed by atoms with Crippen molar-refractivity contribution in [1.29, 1.82) is 0 Å². The average molecular weight is 320 g/mol. The summed E-state index contributed by atoms with van der Waals surface area (Å²) in [5.74, 6) is 0. The maximum atomic E-state index is 12.2. The Labute approximate surface area is 124 Å². The third kappa shape index (κ3) is 5.04. The van der Waals surface area contributed by atoms with Gasteiger partial charge in [0.25, 0.3) is 0 Å². The van der Waals surface area contributed by atoms with Crippen LogP contribution in [-0.2, 0) is 0 Å². The number of nitrogens with one attached hydrogen (secondary N) is 1. The molecule has 8 heteroatoms. The molecular formula is C13H15F3N2O2S. The Morgan fingerprint density at radius 1 is 1.24 bits per heavy atom. The molecule has 0 saturated carbocycles. The number of nitrogens with zero attached hydrogens (tertiary/aromatic N) is 1. The molecule has 0 bridgehead atoms. The zero-order valence-corrected chi connectivity index (χ0v) is 11.9. The molecule has 0 unspecified atom stereocenters. The van der Waals surface area contributed by atoms with Crippen molar-refractivity contribution in [1.82, 2.24) is 4.90 Å². The van der Waals surface area contributed by atoms with Gasteiger partial charge in [0.1, 0.15) is 0 Å². The molecule has 116 valence electrons. The Balaban J connectivity index is 1.85. The highest BCUT2D eigenvalue weighted by molar-refractivity contribution is 8.00. The molecule has 1 amide bonds. The molecule has 1 aliphatic rings. The standard InChI is InChI=1S/C13H15F3N2O2S/c14-13(15,16)21-11-3-1-9(2-4-11)17-10-5-7-18(8-6-10)12(19)20/h1-4,10,17H,5-8H2,(H,19,20). The minimum absolute atomic E-state index is 0.140. The van der Waals surface area contributed by atoms with E-state index in [4.69, 9.17) is 5.11 Å². The highest BCUT2D eigenvalue weighted by Crippen LogP contribution is 2.37. The summed E-state index contributed by atoms with van der Waals surface area (Å²) in [4.78, 5) is 12.3. The number of carbonyl (C=O) groups is 1. The number of hydrogen-bond acceptors (Lipinski definition) is 3. The van der Waals surface area contributed by atoms with Crippen molar-refractivity contribution in [2.45, 2.75) is 29.3 Å².